The largest absolute Gasteiger partial charge is 0.347 e. The van der Waals surface area contributed by atoms with Crippen LogP contribution in [0, 0.1) is 0 Å². The molecule has 102 valence electrons. The minimum Gasteiger partial charge on any atom is -0.347 e. The lowest BCUT2D eigenvalue weighted by Gasteiger charge is -2.40. The van der Waals surface area contributed by atoms with Crippen molar-refractivity contribution in [2.24, 2.45) is 5.73 Å². The third kappa shape index (κ3) is 6.76. The molecule has 2 atom stereocenters. The van der Waals surface area contributed by atoms with Gasteiger partial charge in [-0.25, -0.2) is 0 Å². The van der Waals surface area contributed by atoms with E-state index < -0.39 is 5.79 Å². The van der Waals surface area contributed by atoms with Crippen molar-refractivity contribution in [1.82, 2.24) is 0 Å². The first-order chi connectivity index (χ1) is 7.93. The van der Waals surface area contributed by atoms with Crippen molar-refractivity contribution in [2.75, 3.05) is 6.54 Å². The van der Waals surface area contributed by atoms with E-state index in [2.05, 4.69) is 0 Å². The molecule has 1 fully saturated rings. The van der Waals surface area contributed by atoms with Crippen LogP contribution in [0.25, 0.3) is 0 Å². The highest BCUT2D eigenvalue weighted by Gasteiger charge is 2.35. The van der Waals surface area contributed by atoms with Crippen molar-refractivity contribution < 1.29 is 14.3 Å². The predicted molar refractivity (Wildman–Crippen MR) is 68.8 cm³/mol. The van der Waals surface area contributed by atoms with Crippen LogP contribution in [0.1, 0.15) is 53.9 Å². The van der Waals surface area contributed by atoms with Crippen molar-refractivity contribution >= 4 is 5.78 Å². The van der Waals surface area contributed by atoms with Gasteiger partial charge in [-0.15, -0.1) is 0 Å². The quantitative estimate of drug-likeness (QED) is 0.825. The molecule has 0 aromatic carbocycles. The first-order valence-corrected chi connectivity index (χ1v) is 6.48. The molecule has 1 heterocycles. The number of ketones is 1. The van der Waals surface area contributed by atoms with E-state index in [9.17, 15) is 4.79 Å². The lowest BCUT2D eigenvalue weighted by molar-refractivity contribution is -0.299. The average molecular weight is 245 g/mol. The molecule has 0 radical (unpaired) electrons. The van der Waals surface area contributed by atoms with E-state index in [1.54, 1.807) is 6.92 Å². The van der Waals surface area contributed by atoms with Crippen molar-refractivity contribution in [2.45, 2.75) is 71.9 Å². The van der Waals surface area contributed by atoms with Gasteiger partial charge >= 0.3 is 0 Å². The molecule has 0 spiro atoms. The van der Waals surface area contributed by atoms with E-state index >= 15 is 0 Å². The summed E-state index contributed by atoms with van der Waals surface area (Å²) in [5, 5.41) is 0. The molecule has 1 aliphatic heterocycles. The number of hydrogen-bond donors (Lipinski definition) is 1. The second-order valence-electron chi connectivity index (χ2n) is 4.60. The van der Waals surface area contributed by atoms with Crippen LogP contribution in [0.15, 0.2) is 0 Å². The second kappa shape index (κ2) is 7.80. The van der Waals surface area contributed by atoms with Gasteiger partial charge in [-0.05, 0) is 33.7 Å². The van der Waals surface area contributed by atoms with Gasteiger partial charge in [0.1, 0.15) is 5.78 Å². The molecular formula is C13H27NO3. The molecule has 4 heteroatoms. The molecule has 2 N–H and O–H groups in total. The van der Waals surface area contributed by atoms with Gasteiger partial charge in [-0.1, -0.05) is 13.8 Å². The van der Waals surface area contributed by atoms with E-state index in [1.807, 2.05) is 27.7 Å². The third-order valence-electron chi connectivity index (χ3n) is 2.43. The smallest absolute Gasteiger partial charge is 0.163 e. The highest BCUT2D eigenvalue weighted by molar-refractivity contribution is 5.75. The van der Waals surface area contributed by atoms with E-state index in [0.717, 1.165) is 12.8 Å². The maximum Gasteiger partial charge on any atom is 0.163 e. The van der Waals surface area contributed by atoms with E-state index in [1.165, 1.54) is 0 Å². The molecular weight excluding hydrogens is 218 g/mol. The Balaban J connectivity index is 0.00000121. The van der Waals surface area contributed by atoms with E-state index in [4.69, 9.17) is 15.2 Å². The van der Waals surface area contributed by atoms with Crippen LogP contribution in [0.5, 0.6) is 0 Å². The summed E-state index contributed by atoms with van der Waals surface area (Å²) in [6.07, 6.45) is 2.14. The molecule has 1 aliphatic rings. The van der Waals surface area contributed by atoms with Crippen LogP contribution in [-0.4, -0.2) is 30.3 Å². The van der Waals surface area contributed by atoms with Crippen LogP contribution >= 0.6 is 0 Å². The van der Waals surface area contributed by atoms with Crippen LogP contribution in [0.4, 0.5) is 0 Å². The minimum atomic E-state index is -0.599. The summed E-state index contributed by atoms with van der Waals surface area (Å²) in [4.78, 5) is 11.0. The molecule has 4 nitrogen and oxygen atoms in total. The van der Waals surface area contributed by atoms with Crippen LogP contribution in [-0.2, 0) is 14.3 Å². The SMILES string of the molecule is CC.CC(=O)CC1CC(CCN)OC(C)(C)O1. The maximum absolute atomic E-state index is 11.0. The Morgan fingerprint density at radius 2 is 1.82 bits per heavy atom. The number of ether oxygens (including phenoxy) is 2. The van der Waals surface area contributed by atoms with Crippen molar-refractivity contribution in [3.8, 4) is 0 Å². The molecule has 2 unspecified atom stereocenters. The van der Waals surface area contributed by atoms with Crippen molar-refractivity contribution in [1.29, 1.82) is 0 Å². The molecule has 0 amide bonds. The van der Waals surface area contributed by atoms with E-state index in [0.29, 0.717) is 13.0 Å². The Kier molecular flexibility index (Phi) is 7.59. The summed E-state index contributed by atoms with van der Waals surface area (Å²) in [5.74, 6) is -0.442. The highest BCUT2D eigenvalue weighted by Crippen LogP contribution is 2.29. The van der Waals surface area contributed by atoms with Crippen molar-refractivity contribution in [3.63, 3.8) is 0 Å². The first kappa shape index (κ1) is 16.6. The average Bonchev–Trinajstić information content (AvgIpc) is 2.17. The van der Waals surface area contributed by atoms with Gasteiger partial charge < -0.3 is 15.2 Å². The summed E-state index contributed by atoms with van der Waals surface area (Å²) < 4.78 is 11.4. The number of nitrogens with two attached hydrogens (primary N) is 1. The van der Waals surface area contributed by atoms with Gasteiger partial charge in [0.2, 0.25) is 0 Å². The molecule has 0 aliphatic carbocycles. The standard InChI is InChI=1S/C11H21NO3.C2H6/c1-8(13)6-10-7-9(4-5-12)14-11(2,3)15-10;1-2/h9-10H,4-7,12H2,1-3H3;1-2H3. The zero-order chi connectivity index (χ0) is 13.5. The maximum atomic E-state index is 11.0. The molecule has 0 bridgehead atoms. The number of carbonyl (C=O) groups excluding carboxylic acids is 1. The number of rotatable bonds is 4. The summed E-state index contributed by atoms with van der Waals surface area (Å²) in [5.41, 5.74) is 5.51. The van der Waals surface area contributed by atoms with Gasteiger partial charge in [-0.2, -0.15) is 0 Å². The molecule has 17 heavy (non-hydrogen) atoms. The molecule has 0 aromatic rings. The Labute approximate surface area is 105 Å². The minimum absolute atomic E-state index is 0.0252. The summed E-state index contributed by atoms with van der Waals surface area (Å²) in [7, 11) is 0. The van der Waals surface area contributed by atoms with Crippen LogP contribution < -0.4 is 5.73 Å². The summed E-state index contributed by atoms with van der Waals surface area (Å²) >= 11 is 0. The lowest BCUT2D eigenvalue weighted by atomic mass is 10.0. The fourth-order valence-electron chi connectivity index (χ4n) is 2.03. The number of carbonyl (C=O) groups is 1. The Morgan fingerprint density at radius 3 is 2.29 bits per heavy atom. The first-order valence-electron chi connectivity index (χ1n) is 6.48. The Morgan fingerprint density at radius 1 is 1.29 bits per heavy atom. The second-order valence-corrected chi connectivity index (χ2v) is 4.60. The van der Waals surface area contributed by atoms with Gasteiger partial charge in [0, 0.05) is 12.8 Å². The van der Waals surface area contributed by atoms with Crippen LogP contribution in [0.3, 0.4) is 0 Å². The summed E-state index contributed by atoms with van der Waals surface area (Å²) in [6, 6.07) is 0. The van der Waals surface area contributed by atoms with Gasteiger partial charge in [0.15, 0.2) is 5.79 Å². The predicted octanol–water partition coefficient (Wildman–Crippen LogP) is 2.25. The number of hydrogen-bond acceptors (Lipinski definition) is 4. The molecule has 1 rings (SSSR count). The highest BCUT2D eigenvalue weighted by atomic mass is 16.7. The third-order valence-corrected chi connectivity index (χ3v) is 2.43. The zero-order valence-electron chi connectivity index (χ0n) is 11.8. The normalized spacial score (nSPS) is 26.9. The van der Waals surface area contributed by atoms with Gasteiger partial charge in [0.05, 0.1) is 12.2 Å². The topological polar surface area (TPSA) is 61.6 Å². The van der Waals surface area contributed by atoms with Crippen molar-refractivity contribution in [3.05, 3.63) is 0 Å². The summed E-state index contributed by atoms with van der Waals surface area (Å²) in [6.45, 7) is 9.95. The van der Waals surface area contributed by atoms with Gasteiger partial charge in [0.25, 0.3) is 0 Å². The Hall–Kier alpha value is -0.450. The van der Waals surface area contributed by atoms with E-state index in [-0.39, 0.29) is 18.0 Å². The number of Topliss-reactive ketones (excluding diaryl/α,β-unsaturated/α-hetero) is 1. The molecule has 1 saturated heterocycles. The van der Waals surface area contributed by atoms with Gasteiger partial charge in [-0.3, -0.25) is 4.79 Å². The molecule has 0 aromatic heterocycles. The Bertz CT molecular complexity index is 229. The fraction of sp³-hybridized carbons (Fsp3) is 0.923. The monoisotopic (exact) mass is 245 g/mol. The molecule has 0 saturated carbocycles. The zero-order valence-corrected chi connectivity index (χ0v) is 11.8. The van der Waals surface area contributed by atoms with Crippen LogP contribution in [0.2, 0.25) is 0 Å². The fourth-order valence-corrected chi connectivity index (χ4v) is 2.03. The lowest BCUT2D eigenvalue weighted by Crippen LogP contribution is -2.45.